The summed E-state index contributed by atoms with van der Waals surface area (Å²) in [6.07, 6.45) is -1.71. The van der Waals surface area contributed by atoms with Crippen LogP contribution in [0.3, 0.4) is 0 Å². The van der Waals surface area contributed by atoms with Gasteiger partial charge in [0.2, 0.25) is 0 Å². The lowest BCUT2D eigenvalue weighted by Gasteiger charge is -2.12. The summed E-state index contributed by atoms with van der Waals surface area (Å²) in [7, 11) is 0. The highest BCUT2D eigenvalue weighted by Gasteiger charge is 2.32. The Morgan fingerprint density at radius 2 is 1.93 bits per heavy atom. The third kappa shape index (κ3) is 3.56. The molecule has 10 heteroatoms. The maximum absolute atomic E-state index is 12.6. The number of rotatable bonds is 4. The summed E-state index contributed by atoms with van der Waals surface area (Å²) in [5.74, 6) is -0.167. The number of nitrogens with zero attached hydrogens (tertiary/aromatic N) is 3. The number of alkyl halides is 3. The molecule has 142 valence electrons. The molecule has 3 heterocycles. The van der Waals surface area contributed by atoms with E-state index in [1.54, 1.807) is 30.6 Å². The molecule has 4 aromatic rings. The number of hydrogen-bond donors (Lipinski definition) is 2. The fourth-order valence-electron chi connectivity index (χ4n) is 2.80. The second-order valence-corrected chi connectivity index (χ2v) is 5.88. The molecule has 0 unspecified atom stereocenters. The highest BCUT2D eigenvalue weighted by molar-refractivity contribution is 5.88. The van der Waals surface area contributed by atoms with Gasteiger partial charge in [-0.15, -0.1) is 13.2 Å². The van der Waals surface area contributed by atoms with Gasteiger partial charge in [0.25, 0.3) is 5.56 Å². The number of benzene rings is 1. The molecule has 3 aromatic heterocycles. The van der Waals surface area contributed by atoms with Crippen molar-refractivity contribution in [2.75, 3.05) is 0 Å². The first-order valence-corrected chi connectivity index (χ1v) is 8.12. The number of pyridine rings is 1. The largest absolute Gasteiger partial charge is 0.573 e. The van der Waals surface area contributed by atoms with Crippen molar-refractivity contribution in [2.45, 2.75) is 12.8 Å². The van der Waals surface area contributed by atoms with Crippen molar-refractivity contribution < 1.29 is 17.9 Å². The molecule has 0 aliphatic carbocycles. The lowest BCUT2D eigenvalue weighted by Crippen LogP contribution is -2.18. The van der Waals surface area contributed by atoms with Crippen LogP contribution < -0.4 is 10.3 Å². The van der Waals surface area contributed by atoms with E-state index in [4.69, 9.17) is 0 Å². The standard InChI is InChI=1S/C18H12F3N5O2/c19-18(20,21)28-12-6-2-1-4-10(12)8-13-23-15-14(11-5-3-7-22-9-11)25-26-16(15)17(27)24-13/h1-7,9H,8H2,(H,25,26)(H,23,24,27). The number of ether oxygens (including phenoxy) is 1. The van der Waals surface area contributed by atoms with Gasteiger partial charge in [-0.25, -0.2) is 4.98 Å². The van der Waals surface area contributed by atoms with E-state index in [-0.39, 0.29) is 29.1 Å². The summed E-state index contributed by atoms with van der Waals surface area (Å²) >= 11 is 0. The molecule has 28 heavy (non-hydrogen) atoms. The molecule has 7 nitrogen and oxygen atoms in total. The third-order valence-electron chi connectivity index (χ3n) is 3.96. The number of para-hydroxylation sites is 1. The number of nitrogens with one attached hydrogen (secondary N) is 2. The van der Waals surface area contributed by atoms with Gasteiger partial charge in [0, 0.05) is 29.9 Å². The van der Waals surface area contributed by atoms with E-state index in [9.17, 15) is 18.0 Å². The van der Waals surface area contributed by atoms with Crippen molar-refractivity contribution in [3.8, 4) is 17.0 Å². The predicted octanol–water partition coefficient (Wildman–Crippen LogP) is 3.20. The summed E-state index contributed by atoms with van der Waals surface area (Å²) < 4.78 is 41.9. The van der Waals surface area contributed by atoms with Gasteiger partial charge in [-0.1, -0.05) is 18.2 Å². The van der Waals surface area contributed by atoms with Crippen LogP contribution in [-0.2, 0) is 6.42 Å². The smallest absolute Gasteiger partial charge is 0.405 e. The number of fused-ring (bicyclic) bond motifs is 1. The summed E-state index contributed by atoms with van der Waals surface area (Å²) in [4.78, 5) is 23.3. The first-order chi connectivity index (χ1) is 13.4. The lowest BCUT2D eigenvalue weighted by molar-refractivity contribution is -0.274. The molecule has 0 spiro atoms. The maximum atomic E-state index is 12.6. The molecule has 0 aliphatic rings. The molecule has 0 bridgehead atoms. The van der Waals surface area contributed by atoms with Crippen molar-refractivity contribution in [1.82, 2.24) is 25.1 Å². The second-order valence-electron chi connectivity index (χ2n) is 5.88. The average Bonchev–Trinajstić information content (AvgIpc) is 3.07. The van der Waals surface area contributed by atoms with Gasteiger partial charge in [-0.3, -0.25) is 14.9 Å². The van der Waals surface area contributed by atoms with Crippen LogP contribution in [0.4, 0.5) is 13.2 Å². The van der Waals surface area contributed by atoms with E-state index >= 15 is 0 Å². The first-order valence-electron chi connectivity index (χ1n) is 8.12. The van der Waals surface area contributed by atoms with Crippen molar-refractivity contribution in [3.63, 3.8) is 0 Å². The number of hydrogen-bond acceptors (Lipinski definition) is 5. The van der Waals surface area contributed by atoms with Crippen molar-refractivity contribution in [3.05, 3.63) is 70.5 Å². The van der Waals surface area contributed by atoms with Crippen LogP contribution in [0.5, 0.6) is 5.75 Å². The van der Waals surface area contributed by atoms with Crippen LogP contribution in [0.25, 0.3) is 22.3 Å². The van der Waals surface area contributed by atoms with Gasteiger partial charge in [-0.05, 0) is 18.2 Å². The predicted molar refractivity (Wildman–Crippen MR) is 93.7 cm³/mol. The Balaban J connectivity index is 1.76. The summed E-state index contributed by atoms with van der Waals surface area (Å²) in [6, 6.07) is 9.17. The van der Waals surface area contributed by atoms with E-state index in [0.717, 1.165) is 0 Å². The Bertz CT molecular complexity index is 1190. The Morgan fingerprint density at radius 3 is 2.68 bits per heavy atom. The Hall–Kier alpha value is -3.69. The first kappa shape index (κ1) is 17.7. The zero-order valence-corrected chi connectivity index (χ0v) is 14.1. The molecule has 0 saturated carbocycles. The lowest BCUT2D eigenvalue weighted by atomic mass is 10.1. The topological polar surface area (TPSA) is 96.6 Å². The van der Waals surface area contributed by atoms with E-state index in [1.807, 2.05) is 0 Å². The molecular weight excluding hydrogens is 375 g/mol. The van der Waals surface area contributed by atoms with Crippen molar-refractivity contribution >= 4 is 11.0 Å². The van der Waals surface area contributed by atoms with Crippen molar-refractivity contribution in [1.29, 1.82) is 0 Å². The second kappa shape index (κ2) is 6.80. The zero-order valence-electron chi connectivity index (χ0n) is 14.1. The molecule has 0 amide bonds. The normalized spacial score (nSPS) is 11.7. The SMILES string of the molecule is O=c1[nH]c(Cc2ccccc2OC(F)(F)F)nc2c(-c3cccnc3)n[nH]c12. The van der Waals surface area contributed by atoms with Crippen LogP contribution in [0.1, 0.15) is 11.4 Å². The minimum absolute atomic E-state index is 0.0604. The van der Waals surface area contributed by atoms with E-state index < -0.39 is 11.9 Å². The van der Waals surface area contributed by atoms with Gasteiger partial charge in [0.1, 0.15) is 28.3 Å². The van der Waals surface area contributed by atoms with Gasteiger partial charge >= 0.3 is 6.36 Å². The molecule has 4 rings (SSSR count). The van der Waals surface area contributed by atoms with Crippen LogP contribution in [0.15, 0.2) is 53.6 Å². The zero-order chi connectivity index (χ0) is 19.7. The quantitative estimate of drug-likeness (QED) is 0.561. The molecule has 1 aromatic carbocycles. The van der Waals surface area contributed by atoms with Crippen LogP contribution >= 0.6 is 0 Å². The van der Waals surface area contributed by atoms with E-state index in [1.165, 1.54) is 18.2 Å². The Kier molecular flexibility index (Phi) is 4.30. The number of H-pyrrole nitrogens is 2. The Labute approximate surface area is 155 Å². The fourth-order valence-corrected chi connectivity index (χ4v) is 2.80. The number of aromatic amines is 2. The van der Waals surface area contributed by atoms with Crippen LogP contribution in [0, 0.1) is 0 Å². The highest BCUT2D eigenvalue weighted by atomic mass is 19.4. The van der Waals surface area contributed by atoms with Gasteiger partial charge < -0.3 is 9.72 Å². The molecule has 0 radical (unpaired) electrons. The highest BCUT2D eigenvalue weighted by Crippen LogP contribution is 2.28. The van der Waals surface area contributed by atoms with Crippen LogP contribution in [-0.4, -0.2) is 31.5 Å². The molecular formula is C18H12F3N5O2. The maximum Gasteiger partial charge on any atom is 0.573 e. The van der Waals surface area contributed by atoms with Gasteiger partial charge in [0.15, 0.2) is 0 Å². The summed E-state index contributed by atoms with van der Waals surface area (Å²) in [5, 5.41) is 6.75. The average molecular weight is 387 g/mol. The van der Waals surface area contributed by atoms with Gasteiger partial charge in [0.05, 0.1) is 0 Å². The van der Waals surface area contributed by atoms with E-state index in [0.29, 0.717) is 16.8 Å². The Morgan fingerprint density at radius 1 is 1.11 bits per heavy atom. The van der Waals surface area contributed by atoms with Crippen LogP contribution in [0.2, 0.25) is 0 Å². The summed E-state index contributed by atoms with van der Waals surface area (Å²) in [5.41, 5.74) is 1.31. The van der Waals surface area contributed by atoms with E-state index in [2.05, 4.69) is 29.9 Å². The fraction of sp³-hybridized carbons (Fsp3) is 0.111. The van der Waals surface area contributed by atoms with Gasteiger partial charge in [-0.2, -0.15) is 5.10 Å². The minimum atomic E-state index is -4.82. The minimum Gasteiger partial charge on any atom is -0.405 e. The summed E-state index contributed by atoms with van der Waals surface area (Å²) in [6.45, 7) is 0. The molecule has 0 saturated heterocycles. The third-order valence-corrected chi connectivity index (χ3v) is 3.96. The molecule has 2 N–H and O–H groups in total. The number of halogens is 3. The molecule has 0 fully saturated rings. The molecule has 0 aliphatic heterocycles. The monoisotopic (exact) mass is 387 g/mol. The molecule has 0 atom stereocenters. The van der Waals surface area contributed by atoms with Crippen molar-refractivity contribution in [2.24, 2.45) is 0 Å². The number of aromatic nitrogens is 5.